The van der Waals surface area contributed by atoms with Gasteiger partial charge in [0.05, 0.1) is 5.60 Å². The van der Waals surface area contributed by atoms with E-state index in [1.807, 2.05) is 18.2 Å². The van der Waals surface area contributed by atoms with Gasteiger partial charge in [0.25, 0.3) is 0 Å². The lowest BCUT2D eigenvalue weighted by molar-refractivity contribution is 0.00488. The Hall–Kier alpha value is -0.570. The molecule has 22 heavy (non-hydrogen) atoms. The minimum absolute atomic E-state index is 0. The van der Waals surface area contributed by atoms with Crippen LogP contribution in [0.25, 0.3) is 0 Å². The lowest BCUT2D eigenvalue weighted by Gasteiger charge is -2.33. The van der Waals surface area contributed by atoms with Crippen molar-refractivity contribution in [1.82, 2.24) is 4.90 Å². The average molecular weight is 326 g/mol. The Kier molecular flexibility index (Phi) is 9.08. The molecule has 0 amide bonds. The van der Waals surface area contributed by atoms with Gasteiger partial charge in [0.1, 0.15) is 0 Å². The molecule has 0 spiro atoms. The topological polar surface area (TPSA) is 23.5 Å². The first kappa shape index (κ1) is 19.5. The molecule has 1 saturated heterocycles. The van der Waals surface area contributed by atoms with E-state index in [9.17, 15) is 5.11 Å². The van der Waals surface area contributed by atoms with E-state index in [0.29, 0.717) is 0 Å². The summed E-state index contributed by atoms with van der Waals surface area (Å²) in [6, 6.07) is 10.3. The molecule has 1 unspecified atom stereocenters. The molecule has 126 valence electrons. The van der Waals surface area contributed by atoms with Gasteiger partial charge in [-0.2, -0.15) is 0 Å². The Morgan fingerprint density at radius 3 is 2.32 bits per heavy atom. The van der Waals surface area contributed by atoms with Gasteiger partial charge in [0.2, 0.25) is 0 Å². The number of nitrogens with zero attached hydrogens (tertiary/aromatic N) is 1. The highest BCUT2D eigenvalue weighted by Gasteiger charge is 2.29. The van der Waals surface area contributed by atoms with E-state index in [2.05, 4.69) is 24.0 Å². The maximum atomic E-state index is 11.2. The van der Waals surface area contributed by atoms with E-state index in [1.165, 1.54) is 45.2 Å². The van der Waals surface area contributed by atoms with Gasteiger partial charge >= 0.3 is 0 Å². The molecule has 0 saturated carbocycles. The number of unbranched alkanes of at least 4 members (excludes halogenated alkanes) is 2. The van der Waals surface area contributed by atoms with Gasteiger partial charge in [-0.05, 0) is 44.3 Å². The van der Waals surface area contributed by atoms with Crippen molar-refractivity contribution in [2.24, 2.45) is 0 Å². The first-order chi connectivity index (χ1) is 10.2. The van der Waals surface area contributed by atoms with Crippen molar-refractivity contribution < 1.29 is 5.11 Å². The monoisotopic (exact) mass is 325 g/mol. The summed E-state index contributed by atoms with van der Waals surface area (Å²) in [5.74, 6) is 0. The molecule has 1 aliphatic heterocycles. The van der Waals surface area contributed by atoms with Crippen LogP contribution in [0.3, 0.4) is 0 Å². The van der Waals surface area contributed by atoms with Crippen LogP contribution in [0.5, 0.6) is 0 Å². The highest BCUT2D eigenvalue weighted by molar-refractivity contribution is 5.85. The Labute approximate surface area is 142 Å². The summed E-state index contributed by atoms with van der Waals surface area (Å²) in [4.78, 5) is 2.53. The first-order valence-corrected chi connectivity index (χ1v) is 8.75. The van der Waals surface area contributed by atoms with Gasteiger partial charge in [-0.15, -0.1) is 12.4 Å². The molecule has 0 aliphatic carbocycles. The first-order valence-electron chi connectivity index (χ1n) is 8.75. The van der Waals surface area contributed by atoms with E-state index in [4.69, 9.17) is 0 Å². The number of halogens is 1. The van der Waals surface area contributed by atoms with E-state index in [-0.39, 0.29) is 12.4 Å². The highest BCUT2D eigenvalue weighted by atomic mass is 35.5. The number of likely N-dealkylation sites (tertiary alicyclic amines) is 1. The zero-order valence-electron chi connectivity index (χ0n) is 14.0. The standard InChI is InChI=1S/C19H31NO.ClH/c1-2-3-8-13-19(21,18-11-6-4-7-12-18)14-17-20-15-9-5-10-16-20;/h4,6-7,11-12,21H,2-3,5,8-10,13-17H2,1H3;1H. The minimum Gasteiger partial charge on any atom is -0.385 e. The van der Waals surface area contributed by atoms with E-state index in [0.717, 1.165) is 31.4 Å². The molecule has 0 bridgehead atoms. The third kappa shape index (κ3) is 5.91. The Balaban J connectivity index is 0.00000242. The lowest BCUT2D eigenvalue weighted by Crippen LogP contribution is -2.36. The normalized spacial score (nSPS) is 18.5. The molecule has 1 heterocycles. The van der Waals surface area contributed by atoms with Crippen LogP contribution in [0.1, 0.15) is 63.9 Å². The van der Waals surface area contributed by atoms with Crippen LogP contribution < -0.4 is 0 Å². The third-order valence-electron chi connectivity index (χ3n) is 4.80. The SMILES string of the molecule is CCCCCC(O)(CCN1CCCCC1)c1ccccc1.Cl. The van der Waals surface area contributed by atoms with Crippen LogP contribution >= 0.6 is 12.4 Å². The molecule has 1 aromatic carbocycles. The zero-order valence-corrected chi connectivity index (χ0v) is 14.8. The number of rotatable bonds is 8. The number of hydrogen-bond acceptors (Lipinski definition) is 2. The second kappa shape index (κ2) is 10.3. The largest absolute Gasteiger partial charge is 0.385 e. The fourth-order valence-corrected chi connectivity index (χ4v) is 3.36. The molecule has 2 rings (SSSR count). The van der Waals surface area contributed by atoms with E-state index >= 15 is 0 Å². The predicted octanol–water partition coefficient (Wildman–Crippen LogP) is 4.75. The molecule has 2 nitrogen and oxygen atoms in total. The molecule has 1 aliphatic rings. The summed E-state index contributed by atoms with van der Waals surface area (Å²) in [6.45, 7) is 5.66. The summed E-state index contributed by atoms with van der Waals surface area (Å²) in [5, 5.41) is 11.2. The molecule has 3 heteroatoms. The van der Waals surface area contributed by atoms with Gasteiger partial charge in [-0.25, -0.2) is 0 Å². The molecule has 1 aromatic rings. The third-order valence-corrected chi connectivity index (χ3v) is 4.80. The number of aliphatic hydroxyl groups is 1. The molecule has 1 fully saturated rings. The summed E-state index contributed by atoms with van der Waals surface area (Å²) < 4.78 is 0. The second-order valence-electron chi connectivity index (χ2n) is 6.51. The van der Waals surface area contributed by atoms with E-state index in [1.54, 1.807) is 0 Å². The van der Waals surface area contributed by atoms with Crippen molar-refractivity contribution in [1.29, 1.82) is 0 Å². The van der Waals surface area contributed by atoms with Crippen molar-refractivity contribution >= 4 is 12.4 Å². The maximum Gasteiger partial charge on any atom is 0.0908 e. The smallest absolute Gasteiger partial charge is 0.0908 e. The van der Waals surface area contributed by atoms with Crippen molar-refractivity contribution in [3.8, 4) is 0 Å². The van der Waals surface area contributed by atoms with Gasteiger partial charge in [-0.1, -0.05) is 62.9 Å². The molecule has 0 radical (unpaired) electrons. The Morgan fingerprint density at radius 2 is 1.68 bits per heavy atom. The van der Waals surface area contributed by atoms with Gasteiger partial charge in [0, 0.05) is 6.54 Å². The van der Waals surface area contributed by atoms with E-state index < -0.39 is 5.60 Å². The lowest BCUT2D eigenvalue weighted by atomic mass is 9.85. The van der Waals surface area contributed by atoms with Gasteiger partial charge < -0.3 is 10.0 Å². The van der Waals surface area contributed by atoms with Crippen LogP contribution in [-0.2, 0) is 5.60 Å². The van der Waals surface area contributed by atoms with Crippen molar-refractivity contribution in [3.05, 3.63) is 35.9 Å². The Morgan fingerprint density at radius 1 is 1.00 bits per heavy atom. The van der Waals surface area contributed by atoms with Crippen LogP contribution in [0.15, 0.2) is 30.3 Å². The van der Waals surface area contributed by atoms with Crippen molar-refractivity contribution in [2.75, 3.05) is 19.6 Å². The van der Waals surface area contributed by atoms with Gasteiger partial charge in [-0.3, -0.25) is 0 Å². The second-order valence-corrected chi connectivity index (χ2v) is 6.51. The molecular formula is C19H32ClNO. The summed E-state index contributed by atoms with van der Waals surface area (Å²) in [6.07, 6.45) is 9.28. The number of piperidine rings is 1. The van der Waals surface area contributed by atoms with Crippen LogP contribution in [0.2, 0.25) is 0 Å². The molecule has 0 aromatic heterocycles. The number of hydrogen-bond donors (Lipinski definition) is 1. The molecular weight excluding hydrogens is 294 g/mol. The summed E-state index contributed by atoms with van der Waals surface area (Å²) in [7, 11) is 0. The Bertz CT molecular complexity index is 392. The quantitative estimate of drug-likeness (QED) is 0.697. The number of benzene rings is 1. The van der Waals surface area contributed by atoms with Crippen LogP contribution in [0.4, 0.5) is 0 Å². The zero-order chi connectivity index (χ0) is 15.0. The summed E-state index contributed by atoms with van der Waals surface area (Å²) in [5.41, 5.74) is 0.451. The van der Waals surface area contributed by atoms with Crippen molar-refractivity contribution in [2.45, 2.75) is 63.9 Å². The fraction of sp³-hybridized carbons (Fsp3) is 0.684. The van der Waals surface area contributed by atoms with Crippen LogP contribution in [-0.4, -0.2) is 29.6 Å². The maximum absolute atomic E-state index is 11.2. The molecule has 1 N–H and O–H groups in total. The van der Waals surface area contributed by atoms with Gasteiger partial charge in [0.15, 0.2) is 0 Å². The van der Waals surface area contributed by atoms with Crippen molar-refractivity contribution in [3.63, 3.8) is 0 Å². The van der Waals surface area contributed by atoms with Crippen LogP contribution in [0, 0.1) is 0 Å². The minimum atomic E-state index is -0.645. The average Bonchev–Trinajstić information content (AvgIpc) is 2.55. The summed E-state index contributed by atoms with van der Waals surface area (Å²) >= 11 is 0. The molecule has 1 atom stereocenters. The highest BCUT2D eigenvalue weighted by Crippen LogP contribution is 2.31. The predicted molar refractivity (Wildman–Crippen MR) is 96.6 cm³/mol. The fourth-order valence-electron chi connectivity index (χ4n) is 3.36.